The molecule has 1 aliphatic carbocycles. The van der Waals surface area contributed by atoms with Gasteiger partial charge in [-0.2, -0.15) is 0 Å². The lowest BCUT2D eigenvalue weighted by Crippen LogP contribution is -2.11. The van der Waals surface area contributed by atoms with Crippen LogP contribution in [0.25, 0.3) is 0 Å². The van der Waals surface area contributed by atoms with Gasteiger partial charge in [0.15, 0.2) is 0 Å². The summed E-state index contributed by atoms with van der Waals surface area (Å²) in [5, 5.41) is 0.119. The smallest absolute Gasteiger partial charge is 0.0688 e. The Labute approximate surface area is 97.6 Å². The molecule has 1 heteroatoms. The van der Waals surface area contributed by atoms with Crippen LogP contribution in [0.2, 0.25) is 5.31 Å². The van der Waals surface area contributed by atoms with E-state index in [1.54, 1.807) is 0 Å². The molecule has 0 aromatic heterocycles. The van der Waals surface area contributed by atoms with Crippen LogP contribution in [0.5, 0.6) is 0 Å². The predicted molar refractivity (Wildman–Crippen MR) is 69.5 cm³/mol. The van der Waals surface area contributed by atoms with Crippen molar-refractivity contribution in [1.82, 2.24) is 0 Å². The van der Waals surface area contributed by atoms with E-state index in [1.165, 1.54) is 64.2 Å². The average Bonchev–Trinajstić information content (AvgIpc) is 2.16. The van der Waals surface area contributed by atoms with Crippen LogP contribution in [0.1, 0.15) is 78.1 Å². The van der Waals surface area contributed by atoms with Gasteiger partial charge in [-0.25, -0.2) is 0 Å². The van der Waals surface area contributed by atoms with Gasteiger partial charge in [-0.05, 0) is 5.92 Å². The van der Waals surface area contributed by atoms with Crippen molar-refractivity contribution in [3.05, 3.63) is 0 Å². The van der Waals surface area contributed by atoms with E-state index in [-0.39, 0.29) is 5.31 Å². The van der Waals surface area contributed by atoms with E-state index in [9.17, 15) is 0 Å². The Balaban J connectivity index is 2.36. The molecule has 0 spiro atoms. The lowest BCUT2D eigenvalue weighted by molar-refractivity contribution is 0.343. The summed E-state index contributed by atoms with van der Waals surface area (Å²) >= 11 is 0. The normalized spacial score (nSPS) is 34.9. The molecular formula is C14H27B. The van der Waals surface area contributed by atoms with Crippen LogP contribution >= 0.6 is 0 Å². The van der Waals surface area contributed by atoms with Crippen LogP contribution in [0.15, 0.2) is 0 Å². The van der Waals surface area contributed by atoms with Crippen LogP contribution in [-0.4, -0.2) is 7.85 Å². The van der Waals surface area contributed by atoms with Crippen molar-refractivity contribution < 1.29 is 0 Å². The Morgan fingerprint density at radius 3 is 2.47 bits per heavy atom. The molecule has 0 saturated heterocycles. The summed E-state index contributed by atoms with van der Waals surface area (Å²) in [6, 6.07) is 0. The first kappa shape index (κ1) is 13.1. The number of hydrogen-bond acceptors (Lipinski definition) is 0. The van der Waals surface area contributed by atoms with E-state index in [2.05, 4.69) is 13.8 Å². The van der Waals surface area contributed by atoms with Gasteiger partial charge in [0, 0.05) is 0 Å². The van der Waals surface area contributed by atoms with Gasteiger partial charge >= 0.3 is 0 Å². The van der Waals surface area contributed by atoms with Crippen LogP contribution in [0, 0.1) is 5.92 Å². The summed E-state index contributed by atoms with van der Waals surface area (Å²) in [7, 11) is 6.29. The van der Waals surface area contributed by atoms with Crippen molar-refractivity contribution in [1.29, 1.82) is 0 Å². The lowest BCUT2D eigenvalue weighted by atomic mass is 9.63. The molecule has 0 nitrogen and oxygen atoms in total. The maximum absolute atomic E-state index is 6.29. The third kappa shape index (κ3) is 5.63. The molecule has 0 amide bonds. The fourth-order valence-electron chi connectivity index (χ4n) is 2.90. The van der Waals surface area contributed by atoms with Crippen molar-refractivity contribution in [3.63, 3.8) is 0 Å². The predicted octanol–water partition coefficient (Wildman–Crippen LogP) is 4.88. The molecule has 86 valence electrons. The van der Waals surface area contributed by atoms with E-state index in [0.29, 0.717) is 0 Å². The standard InChI is InChI=1S/C14H27B/c1-3-8-13-9-5-4-6-11-14(2,15)12-7-10-13/h13H,3-12H2,1-2H3. The van der Waals surface area contributed by atoms with Crippen molar-refractivity contribution in [2.75, 3.05) is 0 Å². The minimum absolute atomic E-state index is 0.119. The summed E-state index contributed by atoms with van der Waals surface area (Å²) in [5.74, 6) is 0.990. The van der Waals surface area contributed by atoms with Crippen LogP contribution in [0.4, 0.5) is 0 Å². The molecule has 15 heavy (non-hydrogen) atoms. The Morgan fingerprint density at radius 1 is 1.07 bits per heavy atom. The number of rotatable bonds is 2. The average molecular weight is 206 g/mol. The molecule has 1 fully saturated rings. The largest absolute Gasteiger partial charge is 0.0742 e. The van der Waals surface area contributed by atoms with Crippen LogP contribution < -0.4 is 0 Å². The SMILES string of the molecule is [B]C1(C)CCCCCC(CCC)CCC1. The van der Waals surface area contributed by atoms with Crippen molar-refractivity contribution in [3.8, 4) is 0 Å². The summed E-state index contributed by atoms with van der Waals surface area (Å²) in [6.45, 7) is 4.55. The molecule has 0 aromatic carbocycles. The molecule has 1 saturated carbocycles. The zero-order chi connectivity index (χ0) is 11.1. The topological polar surface area (TPSA) is 0 Å². The Bertz CT molecular complexity index is 163. The van der Waals surface area contributed by atoms with E-state index in [1.807, 2.05) is 0 Å². The maximum Gasteiger partial charge on any atom is 0.0742 e. The molecular weight excluding hydrogens is 179 g/mol. The first-order valence-electron chi connectivity index (χ1n) is 6.93. The minimum atomic E-state index is 0.119. The monoisotopic (exact) mass is 206 g/mol. The first-order chi connectivity index (χ1) is 7.14. The van der Waals surface area contributed by atoms with Gasteiger partial charge in [-0.15, -0.1) is 0 Å². The fraction of sp³-hybridized carbons (Fsp3) is 1.00. The Hall–Kier alpha value is 0.0649. The highest BCUT2D eigenvalue weighted by Gasteiger charge is 2.19. The van der Waals surface area contributed by atoms with Gasteiger partial charge in [-0.1, -0.05) is 83.4 Å². The van der Waals surface area contributed by atoms with Crippen molar-refractivity contribution in [2.45, 2.75) is 83.4 Å². The lowest BCUT2D eigenvalue weighted by Gasteiger charge is -2.28. The van der Waals surface area contributed by atoms with Gasteiger partial charge in [0.1, 0.15) is 0 Å². The highest BCUT2D eigenvalue weighted by molar-refractivity contribution is 6.14. The van der Waals surface area contributed by atoms with Gasteiger partial charge in [-0.3, -0.25) is 0 Å². The van der Waals surface area contributed by atoms with Gasteiger partial charge in [0.2, 0.25) is 0 Å². The van der Waals surface area contributed by atoms with E-state index >= 15 is 0 Å². The minimum Gasteiger partial charge on any atom is -0.0688 e. The third-order valence-corrected chi connectivity index (χ3v) is 3.92. The number of hydrogen-bond donors (Lipinski definition) is 0. The summed E-state index contributed by atoms with van der Waals surface area (Å²) < 4.78 is 0. The second-order valence-corrected chi connectivity index (χ2v) is 5.80. The fourth-order valence-corrected chi connectivity index (χ4v) is 2.90. The highest BCUT2D eigenvalue weighted by Crippen LogP contribution is 2.37. The zero-order valence-electron chi connectivity index (χ0n) is 10.7. The summed E-state index contributed by atoms with van der Waals surface area (Å²) in [4.78, 5) is 0. The molecule has 0 aliphatic heterocycles. The highest BCUT2D eigenvalue weighted by atomic mass is 14.2. The van der Waals surface area contributed by atoms with Crippen LogP contribution in [-0.2, 0) is 0 Å². The van der Waals surface area contributed by atoms with Crippen molar-refractivity contribution >= 4 is 7.85 Å². The van der Waals surface area contributed by atoms with E-state index in [0.717, 1.165) is 5.92 Å². The maximum atomic E-state index is 6.29. The summed E-state index contributed by atoms with van der Waals surface area (Å²) in [5.41, 5.74) is 0. The van der Waals surface area contributed by atoms with E-state index in [4.69, 9.17) is 7.85 Å². The zero-order valence-corrected chi connectivity index (χ0v) is 10.7. The molecule has 0 heterocycles. The van der Waals surface area contributed by atoms with Gasteiger partial charge < -0.3 is 0 Å². The second-order valence-electron chi connectivity index (χ2n) is 5.80. The van der Waals surface area contributed by atoms with Crippen molar-refractivity contribution in [2.24, 2.45) is 5.92 Å². The van der Waals surface area contributed by atoms with Gasteiger partial charge in [0.05, 0.1) is 7.85 Å². The van der Waals surface area contributed by atoms with Gasteiger partial charge in [0.25, 0.3) is 0 Å². The molecule has 1 rings (SSSR count). The second kappa shape index (κ2) is 6.61. The van der Waals surface area contributed by atoms with Crippen LogP contribution in [0.3, 0.4) is 0 Å². The Morgan fingerprint density at radius 2 is 1.73 bits per heavy atom. The summed E-state index contributed by atoms with van der Waals surface area (Å²) in [6.07, 6.45) is 13.6. The molecule has 0 N–H and O–H groups in total. The Kier molecular flexibility index (Phi) is 5.78. The molecule has 2 unspecified atom stereocenters. The first-order valence-corrected chi connectivity index (χ1v) is 6.93. The molecule has 1 aliphatic rings. The quantitative estimate of drug-likeness (QED) is 0.564. The molecule has 2 atom stereocenters. The molecule has 0 aromatic rings. The third-order valence-electron chi connectivity index (χ3n) is 3.92. The molecule has 2 radical (unpaired) electrons. The van der Waals surface area contributed by atoms with E-state index < -0.39 is 0 Å². The molecule has 0 bridgehead atoms.